The van der Waals surface area contributed by atoms with Crippen LogP contribution >= 0.6 is 0 Å². The quantitative estimate of drug-likeness (QED) is 0.267. The summed E-state index contributed by atoms with van der Waals surface area (Å²) in [6, 6.07) is 16.5. The number of nitrogens with zero attached hydrogens (tertiary/aromatic N) is 5. The van der Waals surface area contributed by atoms with Crippen LogP contribution in [0.5, 0.6) is 5.75 Å². The Morgan fingerprint density at radius 2 is 1.77 bits per heavy atom. The van der Waals surface area contributed by atoms with E-state index in [0.29, 0.717) is 29.3 Å². The van der Waals surface area contributed by atoms with Crippen molar-refractivity contribution < 1.29 is 17.9 Å². The molecule has 5 aromatic rings. The summed E-state index contributed by atoms with van der Waals surface area (Å²) >= 11 is 0. The van der Waals surface area contributed by atoms with Crippen LogP contribution in [0.2, 0.25) is 0 Å². The number of hydrogen-bond acceptors (Lipinski definition) is 7. The molecule has 3 aromatic heterocycles. The highest BCUT2D eigenvalue weighted by atomic mass is 32.2. The average Bonchev–Trinajstić information content (AvgIpc) is 3.68. The third kappa shape index (κ3) is 4.57. The van der Waals surface area contributed by atoms with Crippen LogP contribution < -0.4 is 4.74 Å². The zero-order valence-corrected chi connectivity index (χ0v) is 23.0. The predicted molar refractivity (Wildman–Crippen MR) is 147 cm³/mol. The van der Waals surface area contributed by atoms with Crippen LogP contribution in [-0.4, -0.2) is 45.2 Å². The van der Waals surface area contributed by atoms with Crippen molar-refractivity contribution in [2.75, 3.05) is 7.11 Å². The number of methoxy groups -OCH3 is 1. The fourth-order valence-corrected chi connectivity index (χ4v) is 6.92. The maximum absolute atomic E-state index is 13.5. The Morgan fingerprint density at radius 1 is 1.00 bits per heavy atom. The van der Waals surface area contributed by atoms with E-state index >= 15 is 0 Å². The molecule has 0 amide bonds. The molecule has 0 saturated heterocycles. The van der Waals surface area contributed by atoms with Gasteiger partial charge in [0.15, 0.2) is 11.3 Å². The molecule has 1 aliphatic rings. The molecule has 6 rings (SSSR count). The van der Waals surface area contributed by atoms with Crippen LogP contribution in [-0.2, 0) is 21.4 Å². The van der Waals surface area contributed by atoms with E-state index in [2.05, 4.69) is 22.1 Å². The third-order valence-electron chi connectivity index (χ3n) is 7.79. The molecule has 0 aliphatic heterocycles. The summed E-state index contributed by atoms with van der Waals surface area (Å²) in [5, 5.41) is 8.98. The molecule has 3 heterocycles. The molecule has 202 valence electrons. The van der Waals surface area contributed by atoms with Gasteiger partial charge in [-0.3, -0.25) is 4.40 Å². The summed E-state index contributed by atoms with van der Waals surface area (Å²) in [6.07, 6.45) is 5.98. The molecule has 0 bridgehead atoms. The van der Waals surface area contributed by atoms with Gasteiger partial charge in [-0.05, 0) is 61.6 Å². The Balaban J connectivity index is 1.31. The van der Waals surface area contributed by atoms with Gasteiger partial charge in [-0.25, -0.2) is 17.4 Å². The van der Waals surface area contributed by atoms with Crippen molar-refractivity contribution in [3.8, 4) is 5.75 Å². The van der Waals surface area contributed by atoms with Crippen LogP contribution in [0, 0.1) is 12.8 Å². The predicted octanol–water partition coefficient (Wildman–Crippen LogP) is 5.12. The van der Waals surface area contributed by atoms with E-state index in [4.69, 9.17) is 9.47 Å². The summed E-state index contributed by atoms with van der Waals surface area (Å²) in [5.74, 6) is 2.16. The Bertz CT molecular complexity index is 1730. The first-order valence-electron chi connectivity index (χ1n) is 13.2. The summed E-state index contributed by atoms with van der Waals surface area (Å²) in [7, 11) is -2.16. The van der Waals surface area contributed by atoms with Crippen molar-refractivity contribution >= 4 is 26.8 Å². The SMILES string of the molecule is CC[C@H]1C[C@@H](OCc2ccc(OC)cc2)C[C@H]1c1nnc2cnc3c(ccn3S(=O)(=O)c3ccc(C)cc3)n12. The fourth-order valence-electron chi connectivity index (χ4n) is 5.62. The van der Waals surface area contributed by atoms with Gasteiger partial charge in [-0.2, -0.15) is 0 Å². The first-order valence-corrected chi connectivity index (χ1v) is 14.6. The minimum atomic E-state index is -3.81. The minimum absolute atomic E-state index is 0.0956. The lowest BCUT2D eigenvalue weighted by Gasteiger charge is -2.16. The molecule has 39 heavy (non-hydrogen) atoms. The van der Waals surface area contributed by atoms with E-state index in [1.807, 2.05) is 35.6 Å². The van der Waals surface area contributed by atoms with Crippen molar-refractivity contribution in [3.05, 3.63) is 83.9 Å². The molecule has 1 saturated carbocycles. The van der Waals surface area contributed by atoms with Crippen LogP contribution in [0.15, 0.2) is 71.9 Å². The van der Waals surface area contributed by atoms with Crippen molar-refractivity contribution in [2.45, 2.75) is 56.6 Å². The van der Waals surface area contributed by atoms with Gasteiger partial charge in [-0.15, -0.1) is 10.2 Å². The highest BCUT2D eigenvalue weighted by Gasteiger charge is 2.38. The number of hydrogen-bond donors (Lipinski definition) is 0. The summed E-state index contributed by atoms with van der Waals surface area (Å²) in [6.45, 7) is 4.65. The van der Waals surface area contributed by atoms with E-state index in [-0.39, 0.29) is 16.9 Å². The van der Waals surface area contributed by atoms with Crippen molar-refractivity contribution in [1.29, 1.82) is 0 Å². The maximum Gasteiger partial charge on any atom is 0.269 e. The third-order valence-corrected chi connectivity index (χ3v) is 9.47. The van der Waals surface area contributed by atoms with E-state index in [1.165, 1.54) is 3.97 Å². The second-order valence-corrected chi connectivity index (χ2v) is 12.0. The monoisotopic (exact) mass is 545 g/mol. The minimum Gasteiger partial charge on any atom is -0.497 e. The lowest BCUT2D eigenvalue weighted by molar-refractivity contribution is 0.0422. The van der Waals surface area contributed by atoms with Crippen LogP contribution in [0.1, 0.15) is 49.1 Å². The van der Waals surface area contributed by atoms with Crippen molar-refractivity contribution in [1.82, 2.24) is 23.6 Å². The zero-order chi connectivity index (χ0) is 27.1. The molecule has 9 nitrogen and oxygen atoms in total. The van der Waals surface area contributed by atoms with Crippen molar-refractivity contribution in [3.63, 3.8) is 0 Å². The van der Waals surface area contributed by atoms with Crippen LogP contribution in [0.4, 0.5) is 0 Å². The van der Waals surface area contributed by atoms with Gasteiger partial charge in [0.1, 0.15) is 11.6 Å². The summed E-state index contributed by atoms with van der Waals surface area (Å²) in [4.78, 5) is 4.69. The van der Waals surface area contributed by atoms with Gasteiger partial charge in [0, 0.05) is 12.1 Å². The molecule has 2 aromatic carbocycles. The molecule has 1 fully saturated rings. The van der Waals surface area contributed by atoms with Gasteiger partial charge >= 0.3 is 0 Å². The first kappa shape index (κ1) is 25.5. The number of aryl methyl sites for hydroxylation is 1. The lowest BCUT2D eigenvalue weighted by atomic mass is 9.93. The van der Waals surface area contributed by atoms with Gasteiger partial charge in [0.25, 0.3) is 10.0 Å². The molecule has 0 N–H and O–H groups in total. The van der Waals surface area contributed by atoms with E-state index in [0.717, 1.165) is 42.0 Å². The van der Waals surface area contributed by atoms with Gasteiger partial charge in [-0.1, -0.05) is 43.2 Å². The van der Waals surface area contributed by atoms with Crippen LogP contribution in [0.3, 0.4) is 0 Å². The van der Waals surface area contributed by atoms with Gasteiger partial charge in [0.05, 0.1) is 36.4 Å². The Labute approximate surface area is 227 Å². The molecule has 0 spiro atoms. The smallest absolute Gasteiger partial charge is 0.269 e. The number of ether oxygens (including phenoxy) is 2. The Hall–Kier alpha value is -3.76. The normalized spacial score (nSPS) is 19.7. The fraction of sp³-hybridized carbons (Fsp3) is 0.345. The zero-order valence-electron chi connectivity index (χ0n) is 22.2. The maximum atomic E-state index is 13.5. The number of fused-ring (bicyclic) bond motifs is 3. The first-order chi connectivity index (χ1) is 18.9. The lowest BCUT2D eigenvalue weighted by Crippen LogP contribution is -2.13. The number of aromatic nitrogens is 5. The van der Waals surface area contributed by atoms with E-state index in [9.17, 15) is 8.42 Å². The second kappa shape index (κ2) is 10.1. The average molecular weight is 546 g/mol. The summed E-state index contributed by atoms with van der Waals surface area (Å²) in [5.41, 5.74) is 3.71. The van der Waals surface area contributed by atoms with Crippen molar-refractivity contribution in [2.24, 2.45) is 5.92 Å². The van der Waals surface area contributed by atoms with E-state index < -0.39 is 10.0 Å². The van der Waals surface area contributed by atoms with Gasteiger partial charge < -0.3 is 9.47 Å². The topological polar surface area (TPSA) is 101 Å². The number of benzene rings is 2. The molecule has 0 radical (unpaired) electrons. The van der Waals surface area contributed by atoms with Crippen LogP contribution in [0.25, 0.3) is 16.8 Å². The Morgan fingerprint density at radius 3 is 2.49 bits per heavy atom. The summed E-state index contributed by atoms with van der Waals surface area (Å²) < 4.78 is 41.7. The van der Waals surface area contributed by atoms with Gasteiger partial charge in [0.2, 0.25) is 0 Å². The molecular formula is C29H31N5O4S. The largest absolute Gasteiger partial charge is 0.497 e. The molecule has 3 atom stereocenters. The molecule has 10 heteroatoms. The molecular weight excluding hydrogens is 514 g/mol. The van der Waals surface area contributed by atoms with E-state index in [1.54, 1.807) is 49.8 Å². The molecule has 0 unspecified atom stereocenters. The second-order valence-electron chi connectivity index (χ2n) is 10.2. The highest BCUT2D eigenvalue weighted by Crippen LogP contribution is 2.43. The molecule has 1 aliphatic carbocycles. The number of rotatable bonds is 8. The standard InChI is InChI=1S/C29H31N5O4S/c1-4-21-15-23(38-18-20-7-9-22(37-3)10-8-20)16-25(21)28-32-31-27-17-30-29-26(34(27)28)13-14-33(29)39(35,36)24-11-5-19(2)6-12-24/h5-14,17,21,23,25H,4,15-16,18H2,1-3H3/t21-,23+,25+/m0/s1. The highest BCUT2D eigenvalue weighted by molar-refractivity contribution is 7.90. The Kier molecular flexibility index (Phi) is 6.60.